The fourth-order valence-electron chi connectivity index (χ4n) is 4.42. The number of likely N-dealkylation sites (tertiary alicyclic amines) is 1. The van der Waals surface area contributed by atoms with E-state index in [1.54, 1.807) is 7.11 Å². The second kappa shape index (κ2) is 7.30. The molecule has 2 aliphatic heterocycles. The molecule has 4 heteroatoms. The van der Waals surface area contributed by atoms with Gasteiger partial charge in [0.15, 0.2) is 0 Å². The number of ether oxygens (including phenoxy) is 1. The van der Waals surface area contributed by atoms with Gasteiger partial charge in [0.25, 0.3) is 0 Å². The third-order valence-corrected chi connectivity index (χ3v) is 5.77. The Balaban J connectivity index is 0.00000169. The summed E-state index contributed by atoms with van der Waals surface area (Å²) in [7, 11) is 1.75. The van der Waals surface area contributed by atoms with E-state index in [-0.39, 0.29) is 12.4 Å². The largest absolute Gasteiger partial charge is 0.496 e. The van der Waals surface area contributed by atoms with Gasteiger partial charge in [-0.15, -0.1) is 12.4 Å². The first-order valence-corrected chi connectivity index (χ1v) is 8.77. The number of rotatable bonds is 3. The molecule has 0 aromatic heterocycles. The Morgan fingerprint density at radius 3 is 2.54 bits per heavy atom. The van der Waals surface area contributed by atoms with Gasteiger partial charge in [0.05, 0.1) is 7.11 Å². The number of piperidine rings is 1. The van der Waals surface area contributed by atoms with E-state index in [2.05, 4.69) is 46.6 Å². The molecule has 0 saturated carbocycles. The standard InChI is InChI=1S/C20H26N2O.ClH/c1-23-19-7-6-16(17-4-2-3-5-18(17)19)14-22-13-10-20(15-22)8-11-21-12-9-20;/h2-7,21H,8-15H2,1H3;1H. The number of methoxy groups -OCH3 is 1. The van der Waals surface area contributed by atoms with E-state index in [1.165, 1.54) is 61.8 Å². The lowest BCUT2D eigenvalue weighted by molar-refractivity contribution is 0.194. The van der Waals surface area contributed by atoms with Gasteiger partial charge in [0.2, 0.25) is 0 Å². The third kappa shape index (κ3) is 3.26. The van der Waals surface area contributed by atoms with E-state index in [4.69, 9.17) is 4.74 Å². The number of hydrogen-bond acceptors (Lipinski definition) is 3. The number of nitrogens with zero attached hydrogens (tertiary/aromatic N) is 1. The molecule has 0 bridgehead atoms. The topological polar surface area (TPSA) is 24.5 Å². The van der Waals surface area contributed by atoms with Crippen molar-refractivity contribution in [2.45, 2.75) is 25.8 Å². The smallest absolute Gasteiger partial charge is 0.126 e. The van der Waals surface area contributed by atoms with Crippen molar-refractivity contribution in [1.82, 2.24) is 10.2 Å². The zero-order chi connectivity index (χ0) is 15.7. The van der Waals surface area contributed by atoms with Crippen LogP contribution < -0.4 is 10.1 Å². The molecule has 0 amide bonds. The minimum atomic E-state index is 0. The Bertz CT molecular complexity index is 697. The molecule has 0 unspecified atom stereocenters. The van der Waals surface area contributed by atoms with E-state index in [1.807, 2.05) is 0 Å². The van der Waals surface area contributed by atoms with Crippen LogP contribution in [0.15, 0.2) is 36.4 Å². The molecule has 2 aliphatic rings. The van der Waals surface area contributed by atoms with Crippen molar-refractivity contribution in [1.29, 1.82) is 0 Å². The van der Waals surface area contributed by atoms with Gasteiger partial charge in [-0.25, -0.2) is 0 Å². The lowest BCUT2D eigenvalue weighted by Crippen LogP contribution is -2.38. The van der Waals surface area contributed by atoms with E-state index in [0.29, 0.717) is 5.41 Å². The van der Waals surface area contributed by atoms with E-state index in [9.17, 15) is 0 Å². The fourth-order valence-corrected chi connectivity index (χ4v) is 4.42. The SMILES string of the molecule is COc1ccc(CN2CCC3(CCNCC3)C2)c2ccccc12.Cl. The van der Waals surface area contributed by atoms with E-state index < -0.39 is 0 Å². The second-order valence-electron chi connectivity index (χ2n) is 7.18. The monoisotopic (exact) mass is 346 g/mol. The third-order valence-electron chi connectivity index (χ3n) is 5.77. The van der Waals surface area contributed by atoms with Crippen LogP contribution in [0.3, 0.4) is 0 Å². The second-order valence-corrected chi connectivity index (χ2v) is 7.18. The molecule has 3 nitrogen and oxygen atoms in total. The molecule has 130 valence electrons. The Kier molecular flexibility index (Phi) is 5.33. The molecule has 2 aromatic rings. The van der Waals surface area contributed by atoms with Crippen LogP contribution in [0.25, 0.3) is 10.8 Å². The summed E-state index contributed by atoms with van der Waals surface area (Å²) in [5.41, 5.74) is 2.00. The summed E-state index contributed by atoms with van der Waals surface area (Å²) in [6.45, 7) is 5.94. The maximum absolute atomic E-state index is 5.52. The first-order valence-electron chi connectivity index (χ1n) is 8.77. The van der Waals surface area contributed by atoms with Crippen molar-refractivity contribution < 1.29 is 4.74 Å². The number of hydrogen-bond donors (Lipinski definition) is 1. The van der Waals surface area contributed by atoms with Gasteiger partial charge in [-0.2, -0.15) is 0 Å². The molecule has 2 fully saturated rings. The molecule has 1 N–H and O–H groups in total. The Labute approximate surface area is 150 Å². The number of nitrogens with one attached hydrogen (secondary N) is 1. The summed E-state index contributed by atoms with van der Waals surface area (Å²) in [5, 5.41) is 6.06. The van der Waals surface area contributed by atoms with Crippen LogP contribution in [0.2, 0.25) is 0 Å². The van der Waals surface area contributed by atoms with Crippen molar-refractivity contribution in [3.63, 3.8) is 0 Å². The van der Waals surface area contributed by atoms with Crippen LogP contribution in [-0.4, -0.2) is 38.2 Å². The van der Waals surface area contributed by atoms with Crippen molar-refractivity contribution in [2.75, 3.05) is 33.3 Å². The van der Waals surface area contributed by atoms with Crippen LogP contribution in [0.1, 0.15) is 24.8 Å². The van der Waals surface area contributed by atoms with Gasteiger partial charge in [-0.05, 0) is 61.3 Å². The normalized spacial score (nSPS) is 20.2. The number of benzene rings is 2. The van der Waals surface area contributed by atoms with E-state index in [0.717, 1.165) is 12.3 Å². The quantitative estimate of drug-likeness (QED) is 0.913. The van der Waals surface area contributed by atoms with Gasteiger partial charge >= 0.3 is 0 Å². The summed E-state index contributed by atoms with van der Waals surface area (Å²) in [4.78, 5) is 2.65. The van der Waals surface area contributed by atoms with Gasteiger partial charge < -0.3 is 10.1 Å². The molecule has 0 aliphatic carbocycles. The van der Waals surface area contributed by atoms with Crippen LogP contribution in [0, 0.1) is 5.41 Å². The molecule has 0 atom stereocenters. The molecule has 0 radical (unpaired) electrons. The summed E-state index contributed by atoms with van der Waals surface area (Å²) < 4.78 is 5.52. The number of fused-ring (bicyclic) bond motifs is 1. The van der Waals surface area contributed by atoms with Crippen molar-refractivity contribution in [3.8, 4) is 5.75 Å². The van der Waals surface area contributed by atoms with Crippen LogP contribution >= 0.6 is 12.4 Å². The maximum Gasteiger partial charge on any atom is 0.126 e. The van der Waals surface area contributed by atoms with Crippen LogP contribution in [-0.2, 0) is 6.54 Å². The predicted octanol–water partition coefficient (Wildman–Crippen LogP) is 3.85. The molecular formula is C20H27ClN2O. The lowest BCUT2D eigenvalue weighted by atomic mass is 9.78. The molecule has 2 heterocycles. The van der Waals surface area contributed by atoms with Gasteiger partial charge in [0, 0.05) is 18.5 Å². The average Bonchev–Trinajstić information content (AvgIpc) is 2.98. The van der Waals surface area contributed by atoms with Crippen molar-refractivity contribution in [3.05, 3.63) is 42.0 Å². The zero-order valence-corrected chi connectivity index (χ0v) is 15.2. The highest BCUT2D eigenvalue weighted by atomic mass is 35.5. The summed E-state index contributed by atoms with van der Waals surface area (Å²) in [6, 6.07) is 13.0. The lowest BCUT2D eigenvalue weighted by Gasteiger charge is -2.34. The highest BCUT2D eigenvalue weighted by Crippen LogP contribution is 2.39. The predicted molar refractivity (Wildman–Crippen MR) is 102 cm³/mol. The van der Waals surface area contributed by atoms with Gasteiger partial charge in [-0.1, -0.05) is 30.3 Å². The van der Waals surface area contributed by atoms with E-state index >= 15 is 0 Å². The van der Waals surface area contributed by atoms with Gasteiger partial charge in [-0.3, -0.25) is 4.90 Å². The maximum atomic E-state index is 5.52. The summed E-state index contributed by atoms with van der Waals surface area (Å²) >= 11 is 0. The highest BCUT2D eigenvalue weighted by Gasteiger charge is 2.38. The molecular weight excluding hydrogens is 320 g/mol. The summed E-state index contributed by atoms with van der Waals surface area (Å²) in [5.74, 6) is 0.973. The Morgan fingerprint density at radius 1 is 1.04 bits per heavy atom. The number of halogens is 1. The van der Waals surface area contributed by atoms with Gasteiger partial charge in [0.1, 0.15) is 5.75 Å². The molecule has 2 saturated heterocycles. The Hall–Kier alpha value is -1.29. The fraction of sp³-hybridized carbons (Fsp3) is 0.500. The van der Waals surface area contributed by atoms with Crippen molar-refractivity contribution in [2.24, 2.45) is 5.41 Å². The van der Waals surface area contributed by atoms with Crippen LogP contribution in [0.5, 0.6) is 5.75 Å². The molecule has 4 rings (SSSR count). The molecule has 1 spiro atoms. The Morgan fingerprint density at radius 2 is 1.79 bits per heavy atom. The summed E-state index contributed by atoms with van der Waals surface area (Å²) in [6.07, 6.45) is 4.04. The first-order chi connectivity index (χ1) is 11.3. The average molecular weight is 347 g/mol. The molecule has 24 heavy (non-hydrogen) atoms. The minimum Gasteiger partial charge on any atom is -0.496 e. The molecule has 2 aromatic carbocycles. The van der Waals surface area contributed by atoms with Crippen molar-refractivity contribution >= 4 is 23.2 Å². The first kappa shape index (κ1) is 17.5. The minimum absolute atomic E-state index is 0. The van der Waals surface area contributed by atoms with Crippen LogP contribution in [0.4, 0.5) is 0 Å². The highest BCUT2D eigenvalue weighted by molar-refractivity contribution is 5.91. The zero-order valence-electron chi connectivity index (χ0n) is 14.4.